The summed E-state index contributed by atoms with van der Waals surface area (Å²) in [5, 5.41) is 9.35. The van der Waals surface area contributed by atoms with Crippen molar-refractivity contribution >= 4 is 5.97 Å². The fourth-order valence-electron chi connectivity index (χ4n) is 3.02. The summed E-state index contributed by atoms with van der Waals surface area (Å²) in [5.74, 6) is 1.07. The number of hydrogen-bond acceptors (Lipinski definition) is 2. The van der Waals surface area contributed by atoms with Gasteiger partial charge in [0.2, 0.25) is 0 Å². The Kier molecular flexibility index (Phi) is 5.96. The van der Waals surface area contributed by atoms with Crippen molar-refractivity contribution in [3.63, 3.8) is 0 Å². The SMILES string of the molecule is CC1CCC(C(CCCCN)C(=O)O)CC1C. The van der Waals surface area contributed by atoms with Crippen LogP contribution in [0.25, 0.3) is 0 Å². The van der Waals surface area contributed by atoms with Gasteiger partial charge in [0.15, 0.2) is 0 Å². The highest BCUT2D eigenvalue weighted by Gasteiger charge is 2.33. The van der Waals surface area contributed by atoms with Gasteiger partial charge in [-0.3, -0.25) is 4.79 Å². The first kappa shape index (κ1) is 14.5. The number of rotatable bonds is 6. The van der Waals surface area contributed by atoms with Crippen molar-refractivity contribution < 1.29 is 9.90 Å². The van der Waals surface area contributed by atoms with Crippen molar-refractivity contribution in [3.05, 3.63) is 0 Å². The summed E-state index contributed by atoms with van der Waals surface area (Å²) in [6.45, 7) is 5.21. The zero-order chi connectivity index (χ0) is 12.8. The molecule has 17 heavy (non-hydrogen) atoms. The van der Waals surface area contributed by atoms with Gasteiger partial charge in [-0.15, -0.1) is 0 Å². The van der Waals surface area contributed by atoms with Gasteiger partial charge in [0.25, 0.3) is 0 Å². The molecule has 1 aliphatic rings. The minimum Gasteiger partial charge on any atom is -0.481 e. The van der Waals surface area contributed by atoms with Crippen molar-refractivity contribution in [2.24, 2.45) is 29.4 Å². The third-order valence-corrected chi connectivity index (χ3v) is 4.49. The van der Waals surface area contributed by atoms with E-state index in [-0.39, 0.29) is 5.92 Å². The molecule has 0 aliphatic heterocycles. The van der Waals surface area contributed by atoms with Crippen LogP contribution in [0.2, 0.25) is 0 Å². The lowest BCUT2D eigenvalue weighted by molar-refractivity contribution is -0.145. The van der Waals surface area contributed by atoms with Crippen LogP contribution in [0.3, 0.4) is 0 Å². The standard InChI is InChI=1S/C14H27NO2/c1-10-6-7-12(9-11(10)2)13(14(16)17)5-3-4-8-15/h10-13H,3-9,15H2,1-2H3,(H,16,17). The molecular formula is C14H27NO2. The van der Waals surface area contributed by atoms with E-state index >= 15 is 0 Å². The zero-order valence-electron chi connectivity index (χ0n) is 11.2. The Labute approximate surface area is 105 Å². The van der Waals surface area contributed by atoms with Gasteiger partial charge in [-0.25, -0.2) is 0 Å². The molecule has 1 aliphatic carbocycles. The molecule has 0 heterocycles. The quantitative estimate of drug-likeness (QED) is 0.703. The second-order valence-corrected chi connectivity index (χ2v) is 5.76. The van der Waals surface area contributed by atoms with E-state index in [9.17, 15) is 9.90 Å². The average Bonchev–Trinajstić information content (AvgIpc) is 2.28. The lowest BCUT2D eigenvalue weighted by Crippen LogP contribution is -2.30. The van der Waals surface area contributed by atoms with E-state index in [1.807, 2.05) is 0 Å². The minimum atomic E-state index is -0.603. The van der Waals surface area contributed by atoms with Crippen LogP contribution in [-0.4, -0.2) is 17.6 Å². The number of unbranched alkanes of at least 4 members (excludes halogenated alkanes) is 1. The first-order valence-electron chi connectivity index (χ1n) is 6.99. The second-order valence-electron chi connectivity index (χ2n) is 5.76. The lowest BCUT2D eigenvalue weighted by atomic mass is 9.70. The van der Waals surface area contributed by atoms with Gasteiger partial charge >= 0.3 is 5.97 Å². The molecule has 0 saturated heterocycles. The number of carboxylic acid groups (broad SMARTS) is 1. The Balaban J connectivity index is 2.49. The van der Waals surface area contributed by atoms with Gasteiger partial charge in [-0.2, -0.15) is 0 Å². The van der Waals surface area contributed by atoms with E-state index in [1.165, 1.54) is 6.42 Å². The van der Waals surface area contributed by atoms with Gasteiger partial charge in [0, 0.05) is 0 Å². The number of aliphatic carboxylic acids is 1. The Morgan fingerprint density at radius 1 is 1.29 bits per heavy atom. The first-order chi connectivity index (χ1) is 8.06. The molecule has 3 nitrogen and oxygen atoms in total. The summed E-state index contributed by atoms with van der Waals surface area (Å²) in [4.78, 5) is 11.3. The van der Waals surface area contributed by atoms with Crippen LogP contribution in [0.4, 0.5) is 0 Å². The van der Waals surface area contributed by atoms with E-state index in [1.54, 1.807) is 0 Å². The summed E-state index contributed by atoms with van der Waals surface area (Å²) >= 11 is 0. The molecule has 0 amide bonds. The predicted octanol–water partition coefficient (Wildman–Crippen LogP) is 2.89. The molecule has 3 heteroatoms. The van der Waals surface area contributed by atoms with Gasteiger partial charge in [-0.05, 0) is 50.0 Å². The highest BCUT2D eigenvalue weighted by molar-refractivity contribution is 5.70. The maximum Gasteiger partial charge on any atom is 0.306 e. The number of carboxylic acids is 1. The Bertz CT molecular complexity index is 242. The topological polar surface area (TPSA) is 63.3 Å². The molecule has 100 valence electrons. The molecule has 0 spiro atoms. The number of nitrogens with two attached hydrogens (primary N) is 1. The van der Waals surface area contributed by atoms with Crippen LogP contribution in [-0.2, 0) is 4.79 Å². The summed E-state index contributed by atoms with van der Waals surface area (Å²) in [6, 6.07) is 0. The van der Waals surface area contributed by atoms with Crippen molar-refractivity contribution in [3.8, 4) is 0 Å². The summed E-state index contributed by atoms with van der Waals surface area (Å²) in [5.41, 5.74) is 5.46. The molecule has 0 radical (unpaired) electrons. The molecule has 1 fully saturated rings. The van der Waals surface area contributed by atoms with Gasteiger partial charge < -0.3 is 10.8 Å². The van der Waals surface area contributed by atoms with E-state index in [0.717, 1.165) is 38.0 Å². The smallest absolute Gasteiger partial charge is 0.306 e. The maximum atomic E-state index is 11.3. The van der Waals surface area contributed by atoms with Gasteiger partial charge in [0.05, 0.1) is 5.92 Å². The normalized spacial score (nSPS) is 31.1. The van der Waals surface area contributed by atoms with Crippen molar-refractivity contribution in [2.75, 3.05) is 6.54 Å². The molecule has 4 unspecified atom stereocenters. The van der Waals surface area contributed by atoms with Crippen LogP contribution in [0, 0.1) is 23.7 Å². The largest absolute Gasteiger partial charge is 0.481 e. The summed E-state index contributed by atoms with van der Waals surface area (Å²) in [7, 11) is 0. The van der Waals surface area contributed by atoms with E-state index in [4.69, 9.17) is 5.73 Å². The van der Waals surface area contributed by atoms with Gasteiger partial charge in [-0.1, -0.05) is 26.7 Å². The van der Waals surface area contributed by atoms with Crippen molar-refractivity contribution in [1.82, 2.24) is 0 Å². The van der Waals surface area contributed by atoms with Crippen LogP contribution >= 0.6 is 0 Å². The molecule has 1 saturated carbocycles. The van der Waals surface area contributed by atoms with E-state index in [2.05, 4.69) is 13.8 Å². The summed E-state index contributed by atoms with van der Waals surface area (Å²) < 4.78 is 0. The Morgan fingerprint density at radius 2 is 2.00 bits per heavy atom. The third kappa shape index (κ3) is 4.30. The third-order valence-electron chi connectivity index (χ3n) is 4.49. The number of hydrogen-bond donors (Lipinski definition) is 2. The minimum absolute atomic E-state index is 0.142. The fraction of sp³-hybridized carbons (Fsp3) is 0.929. The highest BCUT2D eigenvalue weighted by atomic mass is 16.4. The fourth-order valence-corrected chi connectivity index (χ4v) is 3.02. The van der Waals surface area contributed by atoms with Crippen molar-refractivity contribution in [1.29, 1.82) is 0 Å². The molecule has 1 rings (SSSR count). The molecular weight excluding hydrogens is 214 g/mol. The first-order valence-corrected chi connectivity index (χ1v) is 6.99. The lowest BCUT2D eigenvalue weighted by Gasteiger charge is -2.35. The number of carbonyl (C=O) groups is 1. The summed E-state index contributed by atoms with van der Waals surface area (Å²) in [6.07, 6.45) is 6.06. The van der Waals surface area contributed by atoms with Crippen molar-refractivity contribution in [2.45, 2.75) is 52.4 Å². The molecule has 0 aromatic heterocycles. The van der Waals surface area contributed by atoms with Crippen LogP contribution < -0.4 is 5.73 Å². The Morgan fingerprint density at radius 3 is 2.53 bits per heavy atom. The average molecular weight is 241 g/mol. The molecule has 0 aromatic rings. The van der Waals surface area contributed by atoms with E-state index < -0.39 is 5.97 Å². The van der Waals surface area contributed by atoms with Crippen LogP contribution in [0.1, 0.15) is 52.4 Å². The molecule has 4 atom stereocenters. The molecule has 0 bridgehead atoms. The van der Waals surface area contributed by atoms with E-state index in [0.29, 0.717) is 18.4 Å². The van der Waals surface area contributed by atoms with Crippen LogP contribution in [0.5, 0.6) is 0 Å². The second kappa shape index (κ2) is 7.00. The molecule has 0 aromatic carbocycles. The maximum absolute atomic E-state index is 11.3. The zero-order valence-corrected chi connectivity index (χ0v) is 11.2. The highest BCUT2D eigenvalue weighted by Crippen LogP contribution is 2.38. The monoisotopic (exact) mass is 241 g/mol. The predicted molar refractivity (Wildman–Crippen MR) is 69.7 cm³/mol. The Hall–Kier alpha value is -0.570. The van der Waals surface area contributed by atoms with Gasteiger partial charge in [0.1, 0.15) is 0 Å². The van der Waals surface area contributed by atoms with Crippen LogP contribution in [0.15, 0.2) is 0 Å². The molecule has 3 N–H and O–H groups in total.